The minimum absolute atomic E-state index is 0.188. The Morgan fingerprint density at radius 2 is 1.79 bits per heavy atom. The molecule has 0 aliphatic carbocycles. The Hall–Kier alpha value is -1.67. The number of benzene rings is 2. The summed E-state index contributed by atoms with van der Waals surface area (Å²) < 4.78 is 21.0. The van der Waals surface area contributed by atoms with Gasteiger partial charge in [-0.15, -0.1) is 0 Å². The average molecular weight is 706 g/mol. The first kappa shape index (κ1) is 25.4. The third-order valence-corrected chi connectivity index (χ3v) is 7.98. The Morgan fingerprint density at radius 3 is 2.47 bits per heavy atom. The quantitative estimate of drug-likeness (QED) is 0.287. The summed E-state index contributed by atoms with van der Waals surface area (Å²) in [5.41, 5.74) is 1.48. The van der Waals surface area contributed by atoms with E-state index in [1.807, 2.05) is 12.1 Å². The van der Waals surface area contributed by atoms with Crippen molar-refractivity contribution in [3.05, 3.63) is 65.4 Å². The Kier molecular flexibility index (Phi) is 8.51. The van der Waals surface area contributed by atoms with Crippen LogP contribution in [-0.4, -0.2) is 46.5 Å². The maximum Gasteiger partial charge on any atom is 0.294 e. The summed E-state index contributed by atoms with van der Waals surface area (Å²) in [6, 6.07) is 9.97. The molecule has 0 unspecified atom stereocenters. The lowest BCUT2D eigenvalue weighted by atomic mass is 10.1. The van der Waals surface area contributed by atoms with Crippen LogP contribution in [0.4, 0.5) is 9.18 Å². The average Bonchev–Trinajstić information content (AvgIpc) is 3.06. The maximum absolute atomic E-state index is 13.4. The highest BCUT2D eigenvalue weighted by molar-refractivity contribution is 14.1. The van der Waals surface area contributed by atoms with Crippen LogP contribution in [0, 0.1) is 13.0 Å². The first-order valence-electron chi connectivity index (χ1n) is 10.7. The summed E-state index contributed by atoms with van der Waals surface area (Å²) in [7, 11) is 0. The normalized spacial score (nSPS) is 17.6. The van der Waals surface area contributed by atoms with E-state index in [0.29, 0.717) is 18.8 Å². The van der Waals surface area contributed by atoms with Crippen LogP contribution in [0.2, 0.25) is 0 Å². The lowest BCUT2D eigenvalue weighted by Gasteiger charge is -2.27. The van der Waals surface area contributed by atoms with Crippen molar-refractivity contribution in [2.75, 3.05) is 19.6 Å². The summed E-state index contributed by atoms with van der Waals surface area (Å²) in [4.78, 5) is 40.9. The first-order valence-corrected chi connectivity index (χ1v) is 13.7. The molecule has 0 atom stereocenters. The van der Waals surface area contributed by atoms with E-state index in [2.05, 4.69) is 45.2 Å². The molecule has 0 bridgehead atoms. The molecular formula is C24H21FI2N2O4S. The highest BCUT2D eigenvalue weighted by atomic mass is 127. The van der Waals surface area contributed by atoms with Crippen molar-refractivity contribution in [2.24, 2.45) is 0 Å². The van der Waals surface area contributed by atoms with E-state index < -0.39 is 11.1 Å². The van der Waals surface area contributed by atoms with Gasteiger partial charge in [-0.2, -0.15) is 0 Å². The van der Waals surface area contributed by atoms with Crippen LogP contribution < -0.4 is 4.74 Å². The minimum atomic E-state index is -0.447. The van der Waals surface area contributed by atoms with Crippen molar-refractivity contribution in [2.45, 2.75) is 25.9 Å². The van der Waals surface area contributed by atoms with Gasteiger partial charge in [0.2, 0.25) is 5.91 Å². The molecule has 2 aromatic rings. The topological polar surface area (TPSA) is 66.9 Å². The van der Waals surface area contributed by atoms with E-state index in [1.54, 1.807) is 23.1 Å². The van der Waals surface area contributed by atoms with Crippen molar-refractivity contribution in [3.63, 3.8) is 0 Å². The van der Waals surface area contributed by atoms with Gasteiger partial charge in [0, 0.05) is 13.1 Å². The number of carbonyl (C=O) groups excluding carboxylic acids is 3. The predicted octanol–water partition coefficient (Wildman–Crippen LogP) is 5.66. The molecule has 178 valence electrons. The van der Waals surface area contributed by atoms with E-state index in [1.165, 1.54) is 12.1 Å². The molecule has 0 radical (unpaired) electrons. The Bertz CT molecular complexity index is 1140. The number of nitrogens with zero attached hydrogens (tertiary/aromatic N) is 2. The van der Waals surface area contributed by atoms with Gasteiger partial charge in [0.05, 0.1) is 12.0 Å². The van der Waals surface area contributed by atoms with E-state index in [-0.39, 0.29) is 29.8 Å². The summed E-state index contributed by atoms with van der Waals surface area (Å²) in [5.74, 6) is -0.279. The molecule has 0 spiro atoms. The van der Waals surface area contributed by atoms with E-state index in [9.17, 15) is 18.8 Å². The van der Waals surface area contributed by atoms with Crippen LogP contribution in [0.3, 0.4) is 0 Å². The van der Waals surface area contributed by atoms with Crippen LogP contribution in [0.25, 0.3) is 6.08 Å². The molecular weight excluding hydrogens is 685 g/mol. The van der Waals surface area contributed by atoms with Crippen LogP contribution in [0.5, 0.6) is 5.75 Å². The maximum atomic E-state index is 13.4. The van der Waals surface area contributed by atoms with Crippen molar-refractivity contribution >= 4 is 80.1 Å². The van der Waals surface area contributed by atoms with Crippen LogP contribution in [0.15, 0.2) is 41.3 Å². The highest BCUT2D eigenvalue weighted by Crippen LogP contribution is 2.35. The first-order chi connectivity index (χ1) is 16.3. The monoisotopic (exact) mass is 706 g/mol. The summed E-state index contributed by atoms with van der Waals surface area (Å²) in [6.07, 6.45) is 4.66. The van der Waals surface area contributed by atoms with Gasteiger partial charge in [-0.1, -0.05) is 12.1 Å². The van der Waals surface area contributed by atoms with Gasteiger partial charge in [-0.05, 0) is 118 Å². The van der Waals surface area contributed by atoms with E-state index >= 15 is 0 Å². The van der Waals surface area contributed by atoms with Crippen LogP contribution in [-0.2, 0) is 16.2 Å². The second-order valence-corrected chi connectivity index (χ2v) is 11.3. The Labute approximate surface area is 228 Å². The molecule has 2 aliphatic heterocycles. The number of piperidine rings is 1. The Balaban J connectivity index is 1.45. The van der Waals surface area contributed by atoms with Gasteiger partial charge < -0.3 is 9.64 Å². The molecule has 2 heterocycles. The van der Waals surface area contributed by atoms with Crippen molar-refractivity contribution < 1.29 is 23.5 Å². The lowest BCUT2D eigenvalue weighted by molar-refractivity contribution is -0.136. The number of rotatable bonds is 6. The zero-order valence-electron chi connectivity index (χ0n) is 18.1. The van der Waals surface area contributed by atoms with Crippen molar-refractivity contribution in [1.82, 2.24) is 9.80 Å². The number of amides is 3. The third-order valence-electron chi connectivity index (χ3n) is 5.47. The molecule has 2 aromatic carbocycles. The van der Waals surface area contributed by atoms with Gasteiger partial charge in [-0.3, -0.25) is 19.3 Å². The summed E-state index contributed by atoms with van der Waals surface area (Å²) >= 11 is 5.14. The van der Waals surface area contributed by atoms with Gasteiger partial charge in [0.15, 0.2) is 0 Å². The molecule has 4 rings (SSSR count). The second kappa shape index (κ2) is 11.4. The van der Waals surface area contributed by atoms with Gasteiger partial charge in [0.25, 0.3) is 11.1 Å². The van der Waals surface area contributed by atoms with Gasteiger partial charge in [-0.25, -0.2) is 4.39 Å². The zero-order chi connectivity index (χ0) is 24.2. The number of likely N-dealkylation sites (tertiary alicyclic amines) is 1. The van der Waals surface area contributed by atoms with E-state index in [0.717, 1.165) is 54.2 Å². The Morgan fingerprint density at radius 1 is 1.09 bits per heavy atom. The molecule has 6 nitrogen and oxygen atoms in total. The molecule has 10 heteroatoms. The zero-order valence-corrected chi connectivity index (χ0v) is 23.2. The van der Waals surface area contributed by atoms with Gasteiger partial charge >= 0.3 is 0 Å². The molecule has 2 saturated heterocycles. The minimum Gasteiger partial charge on any atom is -0.487 e. The van der Waals surface area contributed by atoms with Crippen molar-refractivity contribution in [1.29, 1.82) is 0 Å². The SMILES string of the molecule is O=C(CN1C(=O)S/C(=C\c2cc(I)c(OCc3cccc(F)c3)c(I)c2)C1=O)N1CCCCC1. The number of thioether (sulfide) groups is 1. The second-order valence-electron chi connectivity index (χ2n) is 7.94. The fourth-order valence-electron chi connectivity index (χ4n) is 3.75. The van der Waals surface area contributed by atoms with Crippen LogP contribution in [0.1, 0.15) is 30.4 Å². The smallest absolute Gasteiger partial charge is 0.294 e. The molecule has 0 N–H and O–H groups in total. The fourth-order valence-corrected chi connectivity index (χ4v) is 6.72. The third kappa shape index (κ3) is 6.11. The largest absolute Gasteiger partial charge is 0.487 e. The molecule has 2 fully saturated rings. The molecule has 0 aromatic heterocycles. The number of carbonyl (C=O) groups is 3. The molecule has 3 amide bonds. The number of hydrogen-bond acceptors (Lipinski definition) is 5. The summed E-state index contributed by atoms with van der Waals surface area (Å²) in [6.45, 7) is 1.36. The van der Waals surface area contributed by atoms with E-state index in [4.69, 9.17) is 4.74 Å². The standard InChI is InChI=1S/C24H21FI2N2O4S/c25-17-6-4-5-15(9-17)14-33-22-18(26)10-16(11-19(22)27)12-20-23(31)29(24(32)34-20)13-21(30)28-7-2-1-3-8-28/h4-6,9-12H,1-3,7-8,13-14H2/b20-12-. The van der Waals surface area contributed by atoms with Crippen LogP contribution >= 0.6 is 56.9 Å². The number of ether oxygens (including phenoxy) is 1. The lowest BCUT2D eigenvalue weighted by Crippen LogP contribution is -2.44. The van der Waals surface area contributed by atoms with Crippen molar-refractivity contribution in [3.8, 4) is 5.75 Å². The molecule has 0 saturated carbocycles. The predicted molar refractivity (Wildman–Crippen MR) is 146 cm³/mol. The van der Waals surface area contributed by atoms with Gasteiger partial charge in [0.1, 0.15) is 24.7 Å². The molecule has 2 aliphatic rings. The summed E-state index contributed by atoms with van der Waals surface area (Å²) in [5, 5.41) is -0.430. The molecule has 34 heavy (non-hydrogen) atoms. The number of halogens is 3. The number of hydrogen-bond donors (Lipinski definition) is 0. The fraction of sp³-hybridized carbons (Fsp3) is 0.292. The number of imide groups is 1. The highest BCUT2D eigenvalue weighted by Gasteiger charge is 2.37.